The van der Waals surface area contributed by atoms with Crippen molar-refractivity contribution in [1.29, 1.82) is 0 Å². The standard InChI is InChI=1S/C21H32ClN/c1-16(2)14-20(23-12-10-17(3)11-13-23)15-21(4,5)18-6-8-19(22)9-7-18/h6-9,14,17,20H,10-13,15H2,1-5H3. The van der Waals surface area contributed by atoms with E-state index in [1.54, 1.807) is 0 Å². The van der Waals surface area contributed by atoms with Gasteiger partial charge in [-0.25, -0.2) is 0 Å². The molecule has 1 atom stereocenters. The lowest BCUT2D eigenvalue weighted by atomic mass is 9.78. The van der Waals surface area contributed by atoms with Gasteiger partial charge in [-0.1, -0.05) is 56.2 Å². The molecule has 1 aromatic rings. The first-order chi connectivity index (χ1) is 10.8. The van der Waals surface area contributed by atoms with Crippen LogP contribution >= 0.6 is 11.6 Å². The summed E-state index contributed by atoms with van der Waals surface area (Å²) in [5.74, 6) is 0.878. The third-order valence-corrected chi connectivity index (χ3v) is 5.41. The fourth-order valence-electron chi connectivity index (χ4n) is 3.58. The van der Waals surface area contributed by atoms with Crippen molar-refractivity contribution >= 4 is 11.6 Å². The lowest BCUT2D eigenvalue weighted by molar-refractivity contribution is 0.141. The molecule has 2 rings (SSSR count). The van der Waals surface area contributed by atoms with E-state index in [0.29, 0.717) is 6.04 Å². The molecule has 2 heteroatoms. The normalized spacial score (nSPS) is 18.7. The van der Waals surface area contributed by atoms with E-state index in [-0.39, 0.29) is 5.41 Å². The lowest BCUT2D eigenvalue weighted by Crippen LogP contribution is -2.43. The number of nitrogens with zero attached hydrogens (tertiary/aromatic N) is 1. The second-order valence-corrected chi connectivity index (χ2v) is 8.56. The zero-order chi connectivity index (χ0) is 17.0. The van der Waals surface area contributed by atoms with Crippen LogP contribution in [0.5, 0.6) is 0 Å². The van der Waals surface area contributed by atoms with E-state index in [1.165, 1.54) is 37.1 Å². The highest BCUT2D eigenvalue weighted by Gasteiger charge is 2.29. The Kier molecular flexibility index (Phi) is 6.33. The summed E-state index contributed by atoms with van der Waals surface area (Å²) in [5.41, 5.74) is 2.93. The summed E-state index contributed by atoms with van der Waals surface area (Å²) in [7, 11) is 0. The summed E-state index contributed by atoms with van der Waals surface area (Å²) in [6.07, 6.45) is 6.27. The molecule has 1 unspecified atom stereocenters. The topological polar surface area (TPSA) is 3.24 Å². The van der Waals surface area contributed by atoms with Gasteiger partial charge in [0.2, 0.25) is 0 Å². The van der Waals surface area contributed by atoms with Crippen molar-refractivity contribution in [3.8, 4) is 0 Å². The van der Waals surface area contributed by atoms with Crippen molar-refractivity contribution < 1.29 is 0 Å². The van der Waals surface area contributed by atoms with Crippen molar-refractivity contribution in [1.82, 2.24) is 4.90 Å². The van der Waals surface area contributed by atoms with Gasteiger partial charge in [-0.05, 0) is 75.2 Å². The summed E-state index contributed by atoms with van der Waals surface area (Å²) in [6.45, 7) is 14.0. The van der Waals surface area contributed by atoms with E-state index in [0.717, 1.165) is 17.4 Å². The number of halogens is 1. The predicted molar refractivity (Wildman–Crippen MR) is 102 cm³/mol. The van der Waals surface area contributed by atoms with Crippen molar-refractivity contribution in [2.45, 2.75) is 65.3 Å². The summed E-state index contributed by atoms with van der Waals surface area (Å²) >= 11 is 6.05. The van der Waals surface area contributed by atoms with Crippen LogP contribution in [-0.2, 0) is 5.41 Å². The quantitative estimate of drug-likeness (QED) is 0.591. The molecule has 1 aliphatic rings. The highest BCUT2D eigenvalue weighted by atomic mass is 35.5. The summed E-state index contributed by atoms with van der Waals surface area (Å²) in [6, 6.07) is 8.91. The first-order valence-corrected chi connectivity index (χ1v) is 9.31. The van der Waals surface area contributed by atoms with Crippen molar-refractivity contribution in [3.05, 3.63) is 46.5 Å². The van der Waals surface area contributed by atoms with E-state index >= 15 is 0 Å². The molecule has 0 aliphatic carbocycles. The number of rotatable bonds is 5. The molecular formula is C21H32ClN. The van der Waals surface area contributed by atoms with Crippen LogP contribution in [-0.4, -0.2) is 24.0 Å². The first-order valence-electron chi connectivity index (χ1n) is 8.93. The Bertz CT molecular complexity index is 517. The van der Waals surface area contributed by atoms with Gasteiger partial charge in [-0.15, -0.1) is 0 Å². The maximum atomic E-state index is 6.05. The second-order valence-electron chi connectivity index (χ2n) is 8.12. The van der Waals surface area contributed by atoms with Crippen LogP contribution in [0.25, 0.3) is 0 Å². The molecule has 0 saturated carbocycles. The summed E-state index contributed by atoms with van der Waals surface area (Å²) in [4.78, 5) is 2.69. The Morgan fingerprint density at radius 1 is 1.22 bits per heavy atom. The van der Waals surface area contributed by atoms with Crippen LogP contribution < -0.4 is 0 Å². The molecule has 1 nitrogen and oxygen atoms in total. The Hall–Kier alpha value is -0.790. The number of allylic oxidation sites excluding steroid dienone is 1. The molecule has 1 saturated heterocycles. The van der Waals surface area contributed by atoms with E-state index in [9.17, 15) is 0 Å². The molecule has 128 valence electrons. The highest BCUT2D eigenvalue weighted by Crippen LogP contribution is 2.32. The fraction of sp³-hybridized carbons (Fsp3) is 0.619. The smallest absolute Gasteiger partial charge is 0.0406 e. The van der Waals surface area contributed by atoms with Crippen LogP contribution in [0.15, 0.2) is 35.9 Å². The van der Waals surface area contributed by atoms with Gasteiger partial charge in [0.15, 0.2) is 0 Å². The third kappa shape index (κ3) is 5.36. The minimum Gasteiger partial charge on any atom is -0.297 e. The summed E-state index contributed by atoms with van der Waals surface area (Å²) < 4.78 is 0. The number of hydrogen-bond donors (Lipinski definition) is 0. The molecule has 1 fully saturated rings. The molecule has 0 amide bonds. The number of benzene rings is 1. The Balaban J connectivity index is 2.16. The van der Waals surface area contributed by atoms with Crippen LogP contribution in [0.2, 0.25) is 5.02 Å². The van der Waals surface area contributed by atoms with Gasteiger partial charge < -0.3 is 0 Å². The molecule has 0 N–H and O–H groups in total. The average molecular weight is 334 g/mol. The van der Waals surface area contributed by atoms with Gasteiger partial charge in [0.1, 0.15) is 0 Å². The Morgan fingerprint density at radius 2 is 1.78 bits per heavy atom. The molecule has 0 spiro atoms. The molecular weight excluding hydrogens is 302 g/mol. The number of hydrogen-bond acceptors (Lipinski definition) is 1. The highest BCUT2D eigenvalue weighted by molar-refractivity contribution is 6.30. The van der Waals surface area contributed by atoms with E-state index in [4.69, 9.17) is 11.6 Å². The van der Waals surface area contributed by atoms with E-state index in [2.05, 4.69) is 57.7 Å². The maximum absolute atomic E-state index is 6.05. The van der Waals surface area contributed by atoms with Crippen LogP contribution in [0, 0.1) is 5.92 Å². The minimum atomic E-state index is 0.143. The molecule has 1 aliphatic heterocycles. The van der Waals surface area contributed by atoms with Crippen molar-refractivity contribution in [3.63, 3.8) is 0 Å². The minimum absolute atomic E-state index is 0.143. The SMILES string of the molecule is CC(C)=CC(CC(C)(C)c1ccc(Cl)cc1)N1CCC(C)CC1. The lowest BCUT2D eigenvalue weighted by Gasteiger charge is -2.39. The van der Waals surface area contributed by atoms with Crippen LogP contribution in [0.4, 0.5) is 0 Å². The predicted octanol–water partition coefficient (Wildman–Crippen LogP) is 6.07. The molecule has 1 heterocycles. The van der Waals surface area contributed by atoms with Gasteiger partial charge in [0, 0.05) is 11.1 Å². The van der Waals surface area contributed by atoms with E-state index < -0.39 is 0 Å². The Morgan fingerprint density at radius 3 is 2.30 bits per heavy atom. The van der Waals surface area contributed by atoms with Gasteiger partial charge in [0.05, 0.1) is 0 Å². The second kappa shape index (κ2) is 7.85. The molecule has 0 radical (unpaired) electrons. The van der Waals surface area contributed by atoms with Gasteiger partial charge in [0.25, 0.3) is 0 Å². The Labute approximate surface area is 147 Å². The molecule has 23 heavy (non-hydrogen) atoms. The van der Waals surface area contributed by atoms with Crippen LogP contribution in [0.1, 0.15) is 59.4 Å². The van der Waals surface area contributed by atoms with Gasteiger partial charge in [-0.2, -0.15) is 0 Å². The first kappa shape index (κ1) is 18.5. The van der Waals surface area contributed by atoms with Crippen LogP contribution in [0.3, 0.4) is 0 Å². The zero-order valence-electron chi connectivity index (χ0n) is 15.4. The third-order valence-electron chi connectivity index (χ3n) is 5.16. The molecule has 0 aromatic heterocycles. The zero-order valence-corrected chi connectivity index (χ0v) is 16.2. The average Bonchev–Trinajstić information content (AvgIpc) is 2.47. The van der Waals surface area contributed by atoms with Gasteiger partial charge in [-0.3, -0.25) is 4.90 Å². The van der Waals surface area contributed by atoms with Gasteiger partial charge >= 0.3 is 0 Å². The summed E-state index contributed by atoms with van der Waals surface area (Å²) in [5, 5.41) is 0.815. The molecule has 1 aromatic carbocycles. The van der Waals surface area contributed by atoms with Crippen molar-refractivity contribution in [2.75, 3.05) is 13.1 Å². The fourth-order valence-corrected chi connectivity index (χ4v) is 3.71. The maximum Gasteiger partial charge on any atom is 0.0406 e. The molecule has 0 bridgehead atoms. The van der Waals surface area contributed by atoms with E-state index in [1.807, 2.05) is 12.1 Å². The largest absolute Gasteiger partial charge is 0.297 e. The number of piperidine rings is 1. The van der Waals surface area contributed by atoms with Crippen molar-refractivity contribution in [2.24, 2.45) is 5.92 Å². The monoisotopic (exact) mass is 333 g/mol. The number of likely N-dealkylation sites (tertiary alicyclic amines) is 1.